The molecule has 1 aromatic carbocycles. The van der Waals surface area contributed by atoms with Crippen molar-refractivity contribution in [3.8, 4) is 0 Å². The maximum absolute atomic E-state index is 6.21. The Morgan fingerprint density at radius 3 is 2.68 bits per heavy atom. The number of rotatable bonds is 4. The summed E-state index contributed by atoms with van der Waals surface area (Å²) in [6.45, 7) is 0. The Labute approximate surface area is 131 Å². The van der Waals surface area contributed by atoms with Crippen LogP contribution in [0.2, 0.25) is 10.0 Å². The number of nitrogens with zero attached hydrogens (tertiary/aromatic N) is 1. The average Bonchev–Trinajstić information content (AvgIpc) is 2.39. The summed E-state index contributed by atoms with van der Waals surface area (Å²) in [4.78, 5) is 4.33. The van der Waals surface area contributed by atoms with Gasteiger partial charge in [0.1, 0.15) is 0 Å². The van der Waals surface area contributed by atoms with E-state index >= 15 is 0 Å². The van der Waals surface area contributed by atoms with Gasteiger partial charge in [0.25, 0.3) is 0 Å². The molecular formula is C14H13BrCl2N2. The van der Waals surface area contributed by atoms with Crippen LogP contribution in [0.1, 0.15) is 17.3 Å². The summed E-state index contributed by atoms with van der Waals surface area (Å²) in [6.07, 6.45) is 2.42. The van der Waals surface area contributed by atoms with Crippen LogP contribution in [-0.4, -0.2) is 12.0 Å². The van der Waals surface area contributed by atoms with E-state index in [1.807, 2.05) is 25.2 Å². The third-order valence-electron chi connectivity index (χ3n) is 2.90. The summed E-state index contributed by atoms with van der Waals surface area (Å²) in [5, 5.41) is 4.37. The SMILES string of the molecule is CNC(Cc1ccccc1Br)c1ncc(Cl)cc1Cl. The smallest absolute Gasteiger partial charge is 0.0763 e. The lowest BCUT2D eigenvalue weighted by Crippen LogP contribution is -2.20. The molecule has 2 nitrogen and oxygen atoms in total. The Morgan fingerprint density at radius 2 is 2.05 bits per heavy atom. The molecule has 5 heteroatoms. The standard InChI is InChI=1S/C14H13BrCl2N2/c1-18-13(6-9-4-2-3-5-11(9)15)14-12(17)7-10(16)8-19-14/h2-5,7-8,13,18H,6H2,1H3. The van der Waals surface area contributed by atoms with Gasteiger partial charge in [0.05, 0.1) is 21.8 Å². The number of halogens is 3. The Kier molecular flexibility index (Phi) is 5.22. The Bertz CT molecular complexity index is 575. The van der Waals surface area contributed by atoms with Crippen LogP contribution in [0.3, 0.4) is 0 Å². The summed E-state index contributed by atoms with van der Waals surface area (Å²) in [6, 6.07) is 9.88. The first-order valence-corrected chi connectivity index (χ1v) is 7.38. The van der Waals surface area contributed by atoms with E-state index in [-0.39, 0.29) is 6.04 Å². The number of aromatic nitrogens is 1. The zero-order valence-electron chi connectivity index (χ0n) is 10.3. The van der Waals surface area contributed by atoms with Crippen LogP contribution in [-0.2, 0) is 6.42 Å². The van der Waals surface area contributed by atoms with Crippen molar-refractivity contribution in [1.29, 1.82) is 0 Å². The minimum absolute atomic E-state index is 0.0449. The number of pyridine rings is 1. The highest BCUT2D eigenvalue weighted by Crippen LogP contribution is 2.28. The Morgan fingerprint density at radius 1 is 1.32 bits per heavy atom. The van der Waals surface area contributed by atoms with Crippen LogP contribution in [0.15, 0.2) is 41.0 Å². The molecule has 0 saturated heterocycles. The first-order chi connectivity index (χ1) is 9.11. The van der Waals surface area contributed by atoms with Gasteiger partial charge in [-0.25, -0.2) is 0 Å². The molecule has 0 fully saturated rings. The maximum atomic E-state index is 6.21. The van der Waals surface area contributed by atoms with Crippen LogP contribution in [0.25, 0.3) is 0 Å². The summed E-state index contributed by atoms with van der Waals surface area (Å²) >= 11 is 15.6. The van der Waals surface area contributed by atoms with E-state index in [9.17, 15) is 0 Å². The van der Waals surface area contributed by atoms with Gasteiger partial charge in [0.15, 0.2) is 0 Å². The number of hydrogen-bond donors (Lipinski definition) is 1. The van der Waals surface area contributed by atoms with Crippen molar-refractivity contribution in [3.63, 3.8) is 0 Å². The fraction of sp³-hybridized carbons (Fsp3) is 0.214. The first-order valence-electron chi connectivity index (χ1n) is 5.83. The highest BCUT2D eigenvalue weighted by molar-refractivity contribution is 9.10. The molecule has 2 rings (SSSR count). The molecule has 0 aliphatic heterocycles. The Hall–Kier alpha value is -0.610. The lowest BCUT2D eigenvalue weighted by Gasteiger charge is -2.18. The van der Waals surface area contributed by atoms with Crippen molar-refractivity contribution >= 4 is 39.1 Å². The number of hydrogen-bond acceptors (Lipinski definition) is 2. The van der Waals surface area contributed by atoms with Gasteiger partial charge in [0, 0.05) is 10.7 Å². The first kappa shape index (κ1) is 14.8. The molecule has 0 bridgehead atoms. The highest BCUT2D eigenvalue weighted by Gasteiger charge is 2.16. The van der Waals surface area contributed by atoms with Crippen molar-refractivity contribution in [2.24, 2.45) is 0 Å². The van der Waals surface area contributed by atoms with Gasteiger partial charge in [-0.3, -0.25) is 4.98 Å². The van der Waals surface area contributed by atoms with E-state index in [1.54, 1.807) is 12.3 Å². The zero-order valence-corrected chi connectivity index (χ0v) is 13.4. The maximum Gasteiger partial charge on any atom is 0.0763 e. The molecule has 1 atom stereocenters. The largest absolute Gasteiger partial charge is 0.311 e. The quantitative estimate of drug-likeness (QED) is 0.859. The molecule has 0 aliphatic carbocycles. The van der Waals surface area contributed by atoms with Crippen molar-refractivity contribution < 1.29 is 0 Å². The van der Waals surface area contributed by atoms with Gasteiger partial charge in [-0.05, 0) is 31.2 Å². The molecule has 0 saturated carbocycles. The zero-order chi connectivity index (χ0) is 13.8. The van der Waals surface area contributed by atoms with Gasteiger partial charge in [-0.1, -0.05) is 57.3 Å². The van der Waals surface area contributed by atoms with Crippen LogP contribution in [0, 0.1) is 0 Å². The highest BCUT2D eigenvalue weighted by atomic mass is 79.9. The van der Waals surface area contributed by atoms with E-state index in [0.717, 1.165) is 16.6 Å². The van der Waals surface area contributed by atoms with Gasteiger partial charge < -0.3 is 5.32 Å². The second kappa shape index (κ2) is 6.71. The van der Waals surface area contributed by atoms with Gasteiger partial charge in [-0.15, -0.1) is 0 Å². The van der Waals surface area contributed by atoms with E-state index in [1.165, 1.54) is 5.56 Å². The van der Waals surface area contributed by atoms with Gasteiger partial charge >= 0.3 is 0 Å². The fourth-order valence-electron chi connectivity index (χ4n) is 1.90. The molecule has 0 radical (unpaired) electrons. The van der Waals surface area contributed by atoms with E-state index < -0.39 is 0 Å². The molecule has 0 aliphatic rings. The van der Waals surface area contributed by atoms with E-state index in [0.29, 0.717) is 10.0 Å². The molecule has 1 N–H and O–H groups in total. The van der Waals surface area contributed by atoms with Gasteiger partial charge in [-0.2, -0.15) is 0 Å². The van der Waals surface area contributed by atoms with Crippen molar-refractivity contribution in [2.45, 2.75) is 12.5 Å². The van der Waals surface area contributed by atoms with Crippen LogP contribution in [0.5, 0.6) is 0 Å². The molecule has 1 heterocycles. The average molecular weight is 360 g/mol. The Balaban J connectivity index is 2.28. The molecular weight excluding hydrogens is 347 g/mol. The summed E-state index contributed by atoms with van der Waals surface area (Å²) < 4.78 is 1.08. The van der Waals surface area contributed by atoms with Crippen LogP contribution < -0.4 is 5.32 Å². The molecule has 100 valence electrons. The second-order valence-electron chi connectivity index (χ2n) is 4.16. The third-order valence-corrected chi connectivity index (χ3v) is 4.18. The van der Waals surface area contributed by atoms with Gasteiger partial charge in [0.2, 0.25) is 0 Å². The molecule has 2 aromatic rings. The molecule has 1 unspecified atom stereocenters. The number of benzene rings is 1. The van der Waals surface area contributed by atoms with E-state index in [4.69, 9.17) is 23.2 Å². The topological polar surface area (TPSA) is 24.9 Å². The summed E-state index contributed by atoms with van der Waals surface area (Å²) in [5.74, 6) is 0. The minimum atomic E-state index is 0.0449. The normalized spacial score (nSPS) is 12.4. The molecule has 0 spiro atoms. The molecule has 19 heavy (non-hydrogen) atoms. The number of likely N-dealkylation sites (N-methyl/N-ethyl adjacent to an activating group) is 1. The van der Waals surface area contributed by atoms with Crippen LogP contribution >= 0.6 is 39.1 Å². The second-order valence-corrected chi connectivity index (χ2v) is 5.86. The van der Waals surface area contributed by atoms with Crippen molar-refractivity contribution in [2.75, 3.05) is 7.05 Å². The predicted molar refractivity (Wildman–Crippen MR) is 83.9 cm³/mol. The van der Waals surface area contributed by atoms with E-state index in [2.05, 4.69) is 32.3 Å². The summed E-state index contributed by atoms with van der Waals surface area (Å²) in [7, 11) is 1.90. The predicted octanol–water partition coefficient (Wildman–Crippen LogP) is 4.65. The monoisotopic (exact) mass is 358 g/mol. The summed E-state index contributed by atoms with van der Waals surface area (Å²) in [5.41, 5.74) is 2.01. The van der Waals surface area contributed by atoms with Crippen molar-refractivity contribution in [1.82, 2.24) is 10.3 Å². The lowest BCUT2D eigenvalue weighted by atomic mass is 10.0. The molecule has 1 aromatic heterocycles. The molecule has 0 amide bonds. The third kappa shape index (κ3) is 3.69. The minimum Gasteiger partial charge on any atom is -0.311 e. The van der Waals surface area contributed by atoms with Crippen molar-refractivity contribution in [3.05, 3.63) is 62.3 Å². The fourth-order valence-corrected chi connectivity index (χ4v) is 2.86. The van der Waals surface area contributed by atoms with Crippen LogP contribution in [0.4, 0.5) is 0 Å². The lowest BCUT2D eigenvalue weighted by molar-refractivity contribution is 0.575. The number of nitrogens with one attached hydrogen (secondary N) is 1.